The molecule has 0 aliphatic carbocycles. The molecule has 42 valence electrons. The summed E-state index contributed by atoms with van der Waals surface area (Å²) >= 11 is 0. The second kappa shape index (κ2) is 1.80. The van der Waals surface area contributed by atoms with E-state index >= 15 is 0 Å². The van der Waals surface area contributed by atoms with Crippen molar-refractivity contribution in [2.45, 2.75) is 32.0 Å². The van der Waals surface area contributed by atoms with Crippen LogP contribution in [0, 0.1) is 0 Å². The van der Waals surface area contributed by atoms with Crippen LogP contribution in [0.15, 0.2) is 0 Å². The van der Waals surface area contributed by atoms with Crippen LogP contribution in [-0.4, -0.2) is 12.2 Å². The fourth-order valence-electron chi connectivity index (χ4n) is 0.962. The molecule has 0 aromatic carbocycles. The van der Waals surface area contributed by atoms with Gasteiger partial charge in [0.25, 0.3) is 0 Å². The lowest BCUT2D eigenvalue weighted by Crippen LogP contribution is -2.34. The average Bonchev–Trinajstić information content (AvgIpc) is 1.87. The minimum atomic E-state index is 0.273. The summed E-state index contributed by atoms with van der Waals surface area (Å²) in [5.41, 5.74) is 5.51. The van der Waals surface area contributed by atoms with Gasteiger partial charge in [0.1, 0.15) is 0 Å². The van der Waals surface area contributed by atoms with Crippen LogP contribution in [0.25, 0.3) is 0 Å². The van der Waals surface area contributed by atoms with Gasteiger partial charge < -0.3 is 5.73 Å². The van der Waals surface area contributed by atoms with Crippen molar-refractivity contribution in [2.24, 2.45) is 5.73 Å². The van der Waals surface area contributed by atoms with Crippen molar-refractivity contribution in [2.75, 3.05) is 0 Å². The molecule has 1 saturated heterocycles. The molecule has 0 aromatic rings. The van der Waals surface area contributed by atoms with E-state index in [1.807, 2.05) is 0 Å². The van der Waals surface area contributed by atoms with Crippen molar-refractivity contribution in [3.8, 4) is 0 Å². The molecule has 0 saturated carbocycles. The first-order chi connectivity index (χ1) is 3.29. The monoisotopic (exact) mass is 100 g/mol. The van der Waals surface area contributed by atoms with Gasteiger partial charge >= 0.3 is 0 Å². The number of hydrogen-bond acceptors (Lipinski definition) is 2. The molecule has 7 heavy (non-hydrogen) atoms. The van der Waals surface area contributed by atoms with Crippen LogP contribution in [0.1, 0.15) is 19.8 Å². The van der Waals surface area contributed by atoms with Gasteiger partial charge in [-0.25, -0.2) is 0 Å². The van der Waals surface area contributed by atoms with Crippen LogP contribution in [0.4, 0.5) is 0 Å². The van der Waals surface area contributed by atoms with E-state index in [-0.39, 0.29) is 6.17 Å². The van der Waals surface area contributed by atoms with Gasteiger partial charge in [-0.05, 0) is 19.8 Å². The van der Waals surface area contributed by atoms with Gasteiger partial charge in [-0.15, -0.1) is 0 Å². The Morgan fingerprint density at radius 2 is 2.29 bits per heavy atom. The van der Waals surface area contributed by atoms with E-state index in [0.29, 0.717) is 6.04 Å². The Kier molecular flexibility index (Phi) is 1.30. The predicted octanol–water partition coefficient (Wildman–Crippen LogP) is 0.0431. The molecule has 0 aromatic heterocycles. The Balaban J connectivity index is 2.26. The number of nitrogens with two attached hydrogens (primary N) is 1. The van der Waals surface area contributed by atoms with Gasteiger partial charge in [-0.3, -0.25) is 5.32 Å². The summed E-state index contributed by atoms with van der Waals surface area (Å²) in [6, 6.07) is 0.648. The van der Waals surface area contributed by atoms with Crippen LogP contribution in [0.5, 0.6) is 0 Å². The summed E-state index contributed by atoms with van der Waals surface area (Å²) in [6.45, 7) is 2.16. The number of hydrogen-bond donors (Lipinski definition) is 2. The minimum absolute atomic E-state index is 0.273. The average molecular weight is 100 g/mol. The largest absolute Gasteiger partial charge is 0.316 e. The molecule has 1 heterocycles. The first kappa shape index (κ1) is 5.06. The Morgan fingerprint density at radius 1 is 1.57 bits per heavy atom. The topological polar surface area (TPSA) is 38.0 Å². The van der Waals surface area contributed by atoms with Crippen molar-refractivity contribution in [1.29, 1.82) is 0 Å². The molecule has 2 atom stereocenters. The maximum absolute atomic E-state index is 5.51. The third-order valence-corrected chi connectivity index (χ3v) is 1.41. The fourth-order valence-corrected chi connectivity index (χ4v) is 0.962. The first-order valence-electron chi connectivity index (χ1n) is 2.80. The number of nitrogens with one attached hydrogen (secondary N) is 1. The maximum Gasteiger partial charge on any atom is 0.0548 e. The summed E-state index contributed by atoms with van der Waals surface area (Å²) in [5, 5.41) is 3.19. The van der Waals surface area contributed by atoms with E-state index in [1.165, 1.54) is 6.42 Å². The van der Waals surface area contributed by atoms with Crippen LogP contribution in [0.2, 0.25) is 0 Å². The van der Waals surface area contributed by atoms with Crippen molar-refractivity contribution in [3.05, 3.63) is 0 Å². The molecule has 0 amide bonds. The van der Waals surface area contributed by atoms with Crippen molar-refractivity contribution in [1.82, 2.24) is 5.32 Å². The Bertz CT molecular complexity index is 55.1. The van der Waals surface area contributed by atoms with Gasteiger partial charge in [0.15, 0.2) is 0 Å². The Morgan fingerprint density at radius 3 is 2.43 bits per heavy atom. The van der Waals surface area contributed by atoms with E-state index in [4.69, 9.17) is 5.73 Å². The smallest absolute Gasteiger partial charge is 0.0548 e. The zero-order chi connectivity index (χ0) is 5.28. The molecule has 2 unspecified atom stereocenters. The SMILES string of the molecule is CC1CCC(N)N1. The van der Waals surface area contributed by atoms with Crippen molar-refractivity contribution in [3.63, 3.8) is 0 Å². The highest BCUT2D eigenvalue weighted by atomic mass is 15.1. The van der Waals surface area contributed by atoms with E-state index in [0.717, 1.165) is 6.42 Å². The Hall–Kier alpha value is -0.0800. The molecule has 0 bridgehead atoms. The lowest BCUT2D eigenvalue weighted by atomic mass is 10.2. The molecule has 2 heteroatoms. The Labute approximate surface area is 44.1 Å². The van der Waals surface area contributed by atoms with Crippen molar-refractivity contribution < 1.29 is 0 Å². The van der Waals surface area contributed by atoms with E-state index < -0.39 is 0 Å². The van der Waals surface area contributed by atoms with Gasteiger partial charge in [-0.1, -0.05) is 0 Å². The standard InChI is InChI=1S/C5H12N2/c1-4-2-3-5(6)7-4/h4-5,7H,2-3,6H2,1H3. The molecule has 1 rings (SSSR count). The second-order valence-corrected chi connectivity index (χ2v) is 2.25. The molecule has 1 aliphatic rings. The zero-order valence-electron chi connectivity index (χ0n) is 4.65. The lowest BCUT2D eigenvalue weighted by molar-refractivity contribution is 0.578. The van der Waals surface area contributed by atoms with Gasteiger partial charge in [0, 0.05) is 6.04 Å². The van der Waals surface area contributed by atoms with E-state index in [2.05, 4.69) is 12.2 Å². The van der Waals surface area contributed by atoms with Crippen LogP contribution >= 0.6 is 0 Å². The third kappa shape index (κ3) is 1.14. The van der Waals surface area contributed by atoms with Crippen LogP contribution < -0.4 is 11.1 Å². The summed E-state index contributed by atoms with van der Waals surface area (Å²) in [4.78, 5) is 0. The van der Waals surface area contributed by atoms with E-state index in [1.54, 1.807) is 0 Å². The molecule has 0 spiro atoms. The lowest BCUT2D eigenvalue weighted by Gasteiger charge is -2.02. The quantitative estimate of drug-likeness (QED) is 0.451. The maximum atomic E-state index is 5.51. The minimum Gasteiger partial charge on any atom is -0.316 e. The summed E-state index contributed by atoms with van der Waals surface area (Å²) in [6.07, 6.45) is 2.65. The van der Waals surface area contributed by atoms with Gasteiger partial charge in [0.05, 0.1) is 6.17 Å². The summed E-state index contributed by atoms with van der Waals surface area (Å²) in [7, 11) is 0. The predicted molar refractivity (Wildman–Crippen MR) is 29.8 cm³/mol. The highest BCUT2D eigenvalue weighted by Crippen LogP contribution is 2.06. The highest BCUT2D eigenvalue weighted by Gasteiger charge is 2.14. The summed E-state index contributed by atoms with van der Waals surface area (Å²) < 4.78 is 0. The highest BCUT2D eigenvalue weighted by molar-refractivity contribution is 4.75. The molecule has 2 nitrogen and oxygen atoms in total. The van der Waals surface area contributed by atoms with Crippen LogP contribution in [-0.2, 0) is 0 Å². The molecule has 3 N–H and O–H groups in total. The molecular weight excluding hydrogens is 88.1 g/mol. The van der Waals surface area contributed by atoms with Crippen LogP contribution in [0.3, 0.4) is 0 Å². The molecular formula is C5H12N2. The van der Waals surface area contributed by atoms with Crippen molar-refractivity contribution >= 4 is 0 Å². The normalized spacial score (nSPS) is 42.0. The van der Waals surface area contributed by atoms with E-state index in [9.17, 15) is 0 Å². The first-order valence-corrected chi connectivity index (χ1v) is 2.80. The van der Waals surface area contributed by atoms with Gasteiger partial charge in [0.2, 0.25) is 0 Å². The molecule has 1 fully saturated rings. The molecule has 1 aliphatic heterocycles. The zero-order valence-corrected chi connectivity index (χ0v) is 4.65. The summed E-state index contributed by atoms with van der Waals surface area (Å²) in [5.74, 6) is 0. The number of rotatable bonds is 0. The second-order valence-electron chi connectivity index (χ2n) is 2.25. The van der Waals surface area contributed by atoms with Gasteiger partial charge in [-0.2, -0.15) is 0 Å². The fraction of sp³-hybridized carbons (Fsp3) is 1.00. The molecule has 0 radical (unpaired) electrons. The third-order valence-electron chi connectivity index (χ3n) is 1.41.